The maximum atomic E-state index is 13.0. The van der Waals surface area contributed by atoms with Gasteiger partial charge in [0, 0.05) is 24.3 Å². The minimum atomic E-state index is -3.48. The molecule has 0 spiro atoms. The molecule has 7 heteroatoms. The molecule has 0 amide bonds. The summed E-state index contributed by atoms with van der Waals surface area (Å²) in [6, 6.07) is 15.3. The fraction of sp³-hybridized carbons (Fsp3) is 0.304. The van der Waals surface area contributed by atoms with Crippen LogP contribution < -0.4 is 5.32 Å². The number of hydrogen-bond acceptors (Lipinski definition) is 5. The molecule has 1 N–H and O–H groups in total. The molecule has 3 aromatic rings. The lowest BCUT2D eigenvalue weighted by molar-refractivity contribution is 0.477. The van der Waals surface area contributed by atoms with Crippen LogP contribution in [0, 0.1) is 20.8 Å². The van der Waals surface area contributed by atoms with Gasteiger partial charge in [-0.3, -0.25) is 0 Å². The number of hydrogen-bond donors (Lipinski definition) is 1. The van der Waals surface area contributed by atoms with Crippen LogP contribution in [0.1, 0.15) is 29.5 Å². The molecule has 6 nitrogen and oxygen atoms in total. The predicted molar refractivity (Wildman–Crippen MR) is 119 cm³/mol. The number of benzene rings is 2. The minimum absolute atomic E-state index is 0.348. The Morgan fingerprint density at radius 3 is 2.30 bits per heavy atom. The van der Waals surface area contributed by atoms with Gasteiger partial charge in [0.2, 0.25) is 10.0 Å². The Morgan fingerprint density at radius 1 is 0.867 bits per heavy atom. The van der Waals surface area contributed by atoms with Crippen LogP contribution in [0.15, 0.2) is 53.4 Å². The lowest BCUT2D eigenvalue weighted by Gasteiger charge is -2.17. The summed E-state index contributed by atoms with van der Waals surface area (Å²) >= 11 is 0. The van der Waals surface area contributed by atoms with Gasteiger partial charge in [-0.1, -0.05) is 29.8 Å². The van der Waals surface area contributed by atoms with Crippen molar-refractivity contribution in [2.75, 3.05) is 18.4 Å². The fourth-order valence-electron chi connectivity index (χ4n) is 3.75. The maximum absolute atomic E-state index is 13.0. The highest BCUT2D eigenvalue weighted by molar-refractivity contribution is 7.89. The summed E-state index contributed by atoms with van der Waals surface area (Å²) in [5.41, 5.74) is 5.45. The van der Waals surface area contributed by atoms with Gasteiger partial charge in [0.15, 0.2) is 5.82 Å². The third-order valence-electron chi connectivity index (χ3n) is 5.48. The van der Waals surface area contributed by atoms with Crippen LogP contribution in [0.25, 0.3) is 11.3 Å². The lowest BCUT2D eigenvalue weighted by Crippen LogP contribution is -2.28. The molecule has 0 atom stereocenters. The Kier molecular flexibility index (Phi) is 5.58. The summed E-state index contributed by atoms with van der Waals surface area (Å²) in [5.74, 6) is 0.641. The number of sulfonamides is 1. The lowest BCUT2D eigenvalue weighted by atomic mass is 10.1. The number of aromatic nitrogens is 2. The second-order valence-electron chi connectivity index (χ2n) is 7.84. The zero-order valence-electron chi connectivity index (χ0n) is 17.5. The molecule has 4 rings (SSSR count). The minimum Gasteiger partial charge on any atom is -0.339 e. The summed E-state index contributed by atoms with van der Waals surface area (Å²) < 4.78 is 27.6. The second-order valence-corrected chi connectivity index (χ2v) is 9.75. The van der Waals surface area contributed by atoms with Gasteiger partial charge < -0.3 is 5.32 Å². The molecule has 1 aliphatic heterocycles. The standard InChI is InChI=1S/C23H26N4O2S/c1-16-6-9-20(18(3)14-16)24-23-11-10-21(25-26-23)19-8-7-17(2)22(15-19)30(28,29)27-12-4-5-13-27/h6-11,14-15H,4-5,12-13H2,1-3H3,(H,24,26). The maximum Gasteiger partial charge on any atom is 0.243 e. The predicted octanol–water partition coefficient (Wildman–Crippen LogP) is 4.60. The average Bonchev–Trinajstić information content (AvgIpc) is 3.27. The summed E-state index contributed by atoms with van der Waals surface area (Å²) in [4.78, 5) is 0.348. The van der Waals surface area contributed by atoms with Crippen molar-refractivity contribution in [3.63, 3.8) is 0 Å². The van der Waals surface area contributed by atoms with Crippen molar-refractivity contribution in [1.82, 2.24) is 14.5 Å². The van der Waals surface area contributed by atoms with Crippen LogP contribution in [-0.4, -0.2) is 36.0 Å². The molecule has 1 aliphatic rings. The first-order valence-corrected chi connectivity index (χ1v) is 11.6. The number of nitrogens with zero attached hydrogens (tertiary/aromatic N) is 3. The van der Waals surface area contributed by atoms with Crippen molar-refractivity contribution in [2.24, 2.45) is 0 Å². The quantitative estimate of drug-likeness (QED) is 0.650. The molecule has 1 aromatic heterocycles. The van der Waals surface area contributed by atoms with E-state index < -0.39 is 10.0 Å². The zero-order valence-corrected chi connectivity index (χ0v) is 18.3. The number of rotatable bonds is 5. The third kappa shape index (κ3) is 4.08. The molecule has 0 bridgehead atoms. The van der Waals surface area contributed by atoms with Crippen LogP contribution in [0.5, 0.6) is 0 Å². The molecular weight excluding hydrogens is 396 g/mol. The summed E-state index contributed by atoms with van der Waals surface area (Å²) in [7, 11) is -3.48. The van der Waals surface area contributed by atoms with Gasteiger partial charge in [-0.05, 0) is 69.0 Å². The van der Waals surface area contributed by atoms with Crippen molar-refractivity contribution in [1.29, 1.82) is 0 Å². The second kappa shape index (κ2) is 8.16. The highest BCUT2D eigenvalue weighted by Gasteiger charge is 2.28. The van der Waals surface area contributed by atoms with Crippen molar-refractivity contribution >= 4 is 21.5 Å². The fourth-order valence-corrected chi connectivity index (χ4v) is 5.52. The molecule has 2 heterocycles. The largest absolute Gasteiger partial charge is 0.339 e. The van der Waals surface area contributed by atoms with E-state index in [0.717, 1.165) is 35.2 Å². The summed E-state index contributed by atoms with van der Waals surface area (Å²) in [6.45, 7) is 7.11. The van der Waals surface area contributed by atoms with Crippen molar-refractivity contribution in [3.8, 4) is 11.3 Å². The van der Waals surface area contributed by atoms with Crippen molar-refractivity contribution < 1.29 is 8.42 Å². The van der Waals surface area contributed by atoms with Crippen LogP contribution in [0.2, 0.25) is 0 Å². The Bertz CT molecular complexity index is 1170. The van der Waals surface area contributed by atoms with Gasteiger partial charge in [0.1, 0.15) is 0 Å². The molecule has 1 fully saturated rings. The Labute approximate surface area is 178 Å². The molecule has 0 radical (unpaired) electrons. The van der Waals surface area contributed by atoms with Gasteiger partial charge in [-0.2, -0.15) is 4.31 Å². The molecule has 1 saturated heterocycles. The molecule has 0 unspecified atom stereocenters. The van der Waals surface area contributed by atoms with Gasteiger partial charge >= 0.3 is 0 Å². The molecule has 0 aliphatic carbocycles. The SMILES string of the molecule is Cc1ccc(Nc2ccc(-c3ccc(C)c(S(=O)(=O)N4CCCC4)c3)nn2)c(C)c1. The van der Waals surface area contributed by atoms with E-state index in [1.54, 1.807) is 10.4 Å². The van der Waals surface area contributed by atoms with E-state index in [0.29, 0.717) is 29.5 Å². The van der Waals surface area contributed by atoms with Crippen molar-refractivity contribution in [2.45, 2.75) is 38.5 Å². The van der Waals surface area contributed by atoms with Crippen LogP contribution >= 0.6 is 0 Å². The zero-order chi connectivity index (χ0) is 21.3. The Hall–Kier alpha value is -2.77. The number of aryl methyl sites for hydroxylation is 3. The smallest absolute Gasteiger partial charge is 0.243 e. The third-order valence-corrected chi connectivity index (χ3v) is 7.52. The number of nitrogens with one attached hydrogen (secondary N) is 1. The summed E-state index contributed by atoms with van der Waals surface area (Å²) in [6.07, 6.45) is 1.83. The van der Waals surface area contributed by atoms with E-state index in [1.807, 2.05) is 50.2 Å². The average molecular weight is 423 g/mol. The molecule has 156 valence electrons. The molecule has 30 heavy (non-hydrogen) atoms. The first-order chi connectivity index (χ1) is 14.3. The van der Waals surface area contributed by atoms with E-state index in [9.17, 15) is 8.42 Å². The van der Waals surface area contributed by atoms with Crippen LogP contribution in [0.3, 0.4) is 0 Å². The van der Waals surface area contributed by atoms with Gasteiger partial charge in [0.05, 0.1) is 10.6 Å². The monoisotopic (exact) mass is 422 g/mol. The highest BCUT2D eigenvalue weighted by atomic mass is 32.2. The van der Waals surface area contributed by atoms with Crippen LogP contribution in [0.4, 0.5) is 11.5 Å². The van der Waals surface area contributed by atoms with Crippen LogP contribution in [-0.2, 0) is 10.0 Å². The van der Waals surface area contributed by atoms with Gasteiger partial charge in [-0.15, -0.1) is 10.2 Å². The summed E-state index contributed by atoms with van der Waals surface area (Å²) in [5, 5.41) is 11.9. The van der Waals surface area contributed by atoms with E-state index in [-0.39, 0.29) is 0 Å². The molecule has 2 aromatic carbocycles. The van der Waals surface area contributed by atoms with Crippen molar-refractivity contribution in [3.05, 3.63) is 65.2 Å². The number of anilines is 2. The first kappa shape index (κ1) is 20.5. The normalized spacial score (nSPS) is 14.8. The van der Waals surface area contributed by atoms with Gasteiger partial charge in [0.25, 0.3) is 0 Å². The molecule has 0 saturated carbocycles. The van der Waals surface area contributed by atoms with E-state index in [1.165, 1.54) is 5.56 Å². The Balaban J connectivity index is 1.60. The van der Waals surface area contributed by atoms with E-state index in [4.69, 9.17) is 0 Å². The van der Waals surface area contributed by atoms with E-state index >= 15 is 0 Å². The Morgan fingerprint density at radius 2 is 1.63 bits per heavy atom. The topological polar surface area (TPSA) is 75.2 Å². The first-order valence-electron chi connectivity index (χ1n) is 10.1. The highest BCUT2D eigenvalue weighted by Crippen LogP contribution is 2.28. The van der Waals surface area contributed by atoms with Gasteiger partial charge in [-0.25, -0.2) is 8.42 Å². The molecular formula is C23H26N4O2S. The van der Waals surface area contributed by atoms with E-state index in [2.05, 4.69) is 28.5 Å².